The van der Waals surface area contributed by atoms with Gasteiger partial charge in [-0.25, -0.2) is 4.79 Å². The number of hydrogen-bond acceptors (Lipinski definition) is 3. The van der Waals surface area contributed by atoms with E-state index in [1.807, 2.05) is 0 Å². The van der Waals surface area contributed by atoms with Crippen LogP contribution in [0.2, 0.25) is 0 Å². The van der Waals surface area contributed by atoms with Crippen molar-refractivity contribution in [1.29, 1.82) is 0 Å². The summed E-state index contributed by atoms with van der Waals surface area (Å²) in [6, 6.07) is -0.361. The molecule has 2 amide bonds. The Balaban J connectivity index is 2.22. The van der Waals surface area contributed by atoms with E-state index < -0.39 is 18.0 Å². The van der Waals surface area contributed by atoms with Gasteiger partial charge in [0.15, 0.2) is 0 Å². The summed E-state index contributed by atoms with van der Waals surface area (Å²) in [5.41, 5.74) is -1.16. The molecule has 1 aliphatic rings. The van der Waals surface area contributed by atoms with Crippen molar-refractivity contribution in [2.45, 2.75) is 45.1 Å². The first-order chi connectivity index (χ1) is 8.29. The van der Waals surface area contributed by atoms with Crippen LogP contribution in [0.15, 0.2) is 0 Å². The zero-order valence-corrected chi connectivity index (χ0v) is 11.0. The van der Waals surface area contributed by atoms with Crippen LogP contribution in [0, 0.1) is 5.41 Å². The molecule has 0 aliphatic heterocycles. The van der Waals surface area contributed by atoms with Crippen molar-refractivity contribution in [2.24, 2.45) is 5.41 Å². The summed E-state index contributed by atoms with van der Waals surface area (Å²) in [6.07, 6.45) is 2.93. The molecule has 1 atom stereocenters. The quantitative estimate of drug-likeness (QED) is 0.540. The summed E-state index contributed by atoms with van der Waals surface area (Å²) in [5.74, 6) is -1.09. The molecule has 0 aromatic heterocycles. The molecule has 104 valence electrons. The second-order valence-corrected chi connectivity index (χ2v) is 5.46. The highest BCUT2D eigenvalue weighted by Gasteiger charge is 2.40. The van der Waals surface area contributed by atoms with E-state index >= 15 is 0 Å². The Bertz CT molecular complexity index is 324. The average Bonchev–Trinajstić information content (AvgIpc) is 3.03. The number of urea groups is 1. The second-order valence-electron chi connectivity index (χ2n) is 5.46. The standard InChI is InChI=1S/C12H22N2O4/c1-3-12(4-5-12)8-14-10(17)13-7-11(2,18)6-9(15)16/h18H,3-8H2,1-2H3,(H,15,16)(H2,13,14,17). The van der Waals surface area contributed by atoms with Crippen molar-refractivity contribution in [3.8, 4) is 0 Å². The van der Waals surface area contributed by atoms with Crippen LogP contribution in [0.5, 0.6) is 0 Å². The van der Waals surface area contributed by atoms with Crippen LogP contribution in [-0.4, -0.2) is 40.9 Å². The van der Waals surface area contributed by atoms with Crippen LogP contribution in [0.1, 0.15) is 39.5 Å². The average molecular weight is 258 g/mol. The van der Waals surface area contributed by atoms with Crippen molar-refractivity contribution < 1.29 is 19.8 Å². The molecule has 0 saturated heterocycles. The number of aliphatic carboxylic acids is 1. The zero-order valence-electron chi connectivity index (χ0n) is 11.0. The largest absolute Gasteiger partial charge is 0.481 e. The molecule has 0 radical (unpaired) electrons. The van der Waals surface area contributed by atoms with E-state index in [4.69, 9.17) is 5.11 Å². The van der Waals surface area contributed by atoms with Gasteiger partial charge in [0.1, 0.15) is 0 Å². The van der Waals surface area contributed by atoms with Crippen molar-refractivity contribution >= 4 is 12.0 Å². The SMILES string of the molecule is CCC1(CNC(=O)NCC(C)(O)CC(=O)O)CC1. The van der Waals surface area contributed by atoms with Gasteiger partial charge in [0.05, 0.1) is 12.0 Å². The molecule has 18 heavy (non-hydrogen) atoms. The Kier molecular flexibility index (Phi) is 4.56. The molecule has 0 heterocycles. The lowest BCUT2D eigenvalue weighted by atomic mass is 10.0. The third-order valence-electron chi connectivity index (χ3n) is 3.49. The van der Waals surface area contributed by atoms with Gasteiger partial charge in [0.2, 0.25) is 0 Å². The Labute approximate surface area is 107 Å². The van der Waals surface area contributed by atoms with Crippen molar-refractivity contribution in [3.05, 3.63) is 0 Å². The molecular formula is C12H22N2O4. The van der Waals surface area contributed by atoms with E-state index in [1.54, 1.807) is 0 Å². The molecule has 1 saturated carbocycles. The number of amides is 2. The van der Waals surface area contributed by atoms with Crippen LogP contribution in [0.25, 0.3) is 0 Å². The number of aliphatic hydroxyl groups is 1. The minimum Gasteiger partial charge on any atom is -0.481 e. The van der Waals surface area contributed by atoms with Crippen LogP contribution >= 0.6 is 0 Å². The fraction of sp³-hybridized carbons (Fsp3) is 0.833. The van der Waals surface area contributed by atoms with Gasteiger partial charge in [-0.3, -0.25) is 4.79 Å². The minimum atomic E-state index is -1.43. The van der Waals surface area contributed by atoms with Crippen molar-refractivity contribution in [3.63, 3.8) is 0 Å². The number of carboxylic acid groups (broad SMARTS) is 1. The number of nitrogens with one attached hydrogen (secondary N) is 2. The van der Waals surface area contributed by atoms with Gasteiger partial charge >= 0.3 is 12.0 Å². The van der Waals surface area contributed by atoms with Gasteiger partial charge < -0.3 is 20.8 Å². The summed E-state index contributed by atoms with van der Waals surface area (Å²) in [5, 5.41) is 23.5. The van der Waals surface area contributed by atoms with Gasteiger partial charge in [0, 0.05) is 13.1 Å². The highest BCUT2D eigenvalue weighted by atomic mass is 16.4. The van der Waals surface area contributed by atoms with Crippen LogP contribution in [0.3, 0.4) is 0 Å². The first kappa shape index (κ1) is 14.8. The van der Waals surface area contributed by atoms with E-state index in [0.29, 0.717) is 6.54 Å². The molecule has 1 rings (SSSR count). The fourth-order valence-electron chi connectivity index (χ4n) is 1.82. The summed E-state index contributed by atoms with van der Waals surface area (Å²) in [6.45, 7) is 4.04. The summed E-state index contributed by atoms with van der Waals surface area (Å²) in [4.78, 5) is 22.0. The third kappa shape index (κ3) is 4.91. The first-order valence-electron chi connectivity index (χ1n) is 6.24. The molecule has 6 nitrogen and oxygen atoms in total. The maximum Gasteiger partial charge on any atom is 0.314 e. The lowest BCUT2D eigenvalue weighted by Crippen LogP contribution is -2.46. The van der Waals surface area contributed by atoms with Crippen LogP contribution in [0.4, 0.5) is 4.79 Å². The summed E-state index contributed by atoms with van der Waals surface area (Å²) < 4.78 is 0. The Morgan fingerprint density at radius 3 is 2.39 bits per heavy atom. The van der Waals surface area contributed by atoms with E-state index in [2.05, 4.69) is 17.6 Å². The molecule has 1 unspecified atom stereocenters. The van der Waals surface area contributed by atoms with Crippen LogP contribution < -0.4 is 10.6 Å². The lowest BCUT2D eigenvalue weighted by molar-refractivity contribution is -0.141. The molecule has 1 aliphatic carbocycles. The number of carbonyl (C=O) groups is 2. The Hall–Kier alpha value is -1.30. The molecule has 1 fully saturated rings. The molecular weight excluding hydrogens is 236 g/mol. The maximum absolute atomic E-state index is 11.5. The monoisotopic (exact) mass is 258 g/mol. The number of rotatable bonds is 7. The van der Waals surface area contributed by atoms with Gasteiger partial charge in [0.25, 0.3) is 0 Å². The number of hydrogen-bond donors (Lipinski definition) is 4. The van der Waals surface area contributed by atoms with Gasteiger partial charge in [-0.1, -0.05) is 6.92 Å². The van der Waals surface area contributed by atoms with Gasteiger partial charge in [-0.05, 0) is 31.6 Å². The van der Waals surface area contributed by atoms with Crippen LogP contribution in [-0.2, 0) is 4.79 Å². The molecule has 0 aromatic rings. The molecule has 0 aromatic carbocycles. The highest BCUT2D eigenvalue weighted by Crippen LogP contribution is 2.47. The zero-order chi connectivity index (χ0) is 13.8. The topological polar surface area (TPSA) is 98.7 Å². The van der Waals surface area contributed by atoms with Gasteiger partial charge in [-0.15, -0.1) is 0 Å². The smallest absolute Gasteiger partial charge is 0.314 e. The van der Waals surface area contributed by atoms with E-state index in [-0.39, 0.29) is 18.0 Å². The van der Waals surface area contributed by atoms with Gasteiger partial charge in [-0.2, -0.15) is 0 Å². The molecule has 6 heteroatoms. The molecule has 0 bridgehead atoms. The summed E-state index contributed by atoms with van der Waals surface area (Å²) >= 11 is 0. The predicted octanol–water partition coefficient (Wildman–Crippen LogP) is 0.701. The molecule has 4 N–H and O–H groups in total. The fourth-order valence-corrected chi connectivity index (χ4v) is 1.82. The highest BCUT2D eigenvalue weighted by molar-refractivity contribution is 5.74. The second kappa shape index (κ2) is 5.56. The van der Waals surface area contributed by atoms with E-state index in [1.165, 1.54) is 6.92 Å². The lowest BCUT2D eigenvalue weighted by Gasteiger charge is -2.22. The Morgan fingerprint density at radius 2 is 1.94 bits per heavy atom. The maximum atomic E-state index is 11.5. The number of carbonyl (C=O) groups excluding carboxylic acids is 1. The normalized spacial score (nSPS) is 19.7. The number of carboxylic acids is 1. The van der Waals surface area contributed by atoms with E-state index in [0.717, 1.165) is 19.3 Å². The first-order valence-corrected chi connectivity index (χ1v) is 6.24. The Morgan fingerprint density at radius 1 is 1.33 bits per heavy atom. The summed E-state index contributed by atoms with van der Waals surface area (Å²) in [7, 11) is 0. The predicted molar refractivity (Wildman–Crippen MR) is 66.2 cm³/mol. The van der Waals surface area contributed by atoms with E-state index in [9.17, 15) is 14.7 Å². The minimum absolute atomic E-state index is 0.0791. The molecule has 0 spiro atoms. The third-order valence-corrected chi connectivity index (χ3v) is 3.49. The van der Waals surface area contributed by atoms with Crippen molar-refractivity contribution in [2.75, 3.05) is 13.1 Å². The van der Waals surface area contributed by atoms with Crippen molar-refractivity contribution in [1.82, 2.24) is 10.6 Å².